The average Bonchev–Trinajstić information content (AvgIpc) is 3.62. The van der Waals surface area contributed by atoms with Gasteiger partial charge in [-0.15, -0.1) is 0 Å². The Labute approximate surface area is 331 Å². The third-order valence-electron chi connectivity index (χ3n) is 13.3. The third-order valence-corrected chi connectivity index (χ3v) is 13.3. The van der Waals surface area contributed by atoms with Crippen molar-refractivity contribution in [2.75, 3.05) is 0 Å². The van der Waals surface area contributed by atoms with Crippen LogP contribution in [0.1, 0.15) is 50.3 Å². The number of benzene rings is 9. The number of allylic oxidation sites excluding steroid dienone is 3. The highest BCUT2D eigenvalue weighted by Crippen LogP contribution is 2.53. The molecule has 12 rings (SSSR count). The van der Waals surface area contributed by atoms with Crippen LogP contribution in [0.15, 0.2) is 180 Å². The van der Waals surface area contributed by atoms with Crippen LogP contribution in [0.5, 0.6) is 0 Å². The maximum absolute atomic E-state index is 6.03. The summed E-state index contributed by atoms with van der Waals surface area (Å²) >= 11 is 0. The summed E-state index contributed by atoms with van der Waals surface area (Å²) in [5.41, 5.74) is 11.2. The molecule has 0 bridgehead atoms. The Kier molecular flexibility index (Phi) is 6.76. The maximum Gasteiger partial charge on any atom is 0.146 e. The lowest BCUT2D eigenvalue weighted by Gasteiger charge is -2.26. The van der Waals surface area contributed by atoms with Gasteiger partial charge >= 0.3 is 0 Å². The summed E-state index contributed by atoms with van der Waals surface area (Å²) in [7, 11) is 0. The smallest absolute Gasteiger partial charge is 0.146 e. The fourth-order valence-electron chi connectivity index (χ4n) is 10.5. The standard InChI is InChI=1S/C55H40N2/c1-4-33-32-46-53(44-23-13-14-24-45(44)55(46,2)3)56-54(49(33)37-26-25-34-15-5-6-17-36(34)31-37)57-47-29-27-35-16-7-8-18-38(35)51(47)52-48(57)30-28-43-41-21-10-9-19-39(41)40-20-11-12-22-42(40)50(43)52/h5-31H,4,32H2,1-3H3. The zero-order chi connectivity index (χ0) is 38.0. The molecule has 270 valence electrons. The van der Waals surface area contributed by atoms with E-state index in [4.69, 9.17) is 4.99 Å². The first-order valence-corrected chi connectivity index (χ1v) is 20.3. The molecule has 0 fully saturated rings. The largest absolute Gasteiger partial charge is 0.293 e. The van der Waals surface area contributed by atoms with Crippen molar-refractivity contribution < 1.29 is 0 Å². The van der Waals surface area contributed by atoms with Crippen molar-refractivity contribution >= 4 is 92.8 Å². The maximum atomic E-state index is 6.03. The molecule has 1 aromatic heterocycles. The van der Waals surface area contributed by atoms with E-state index in [1.807, 2.05) is 0 Å². The number of rotatable bonds is 2. The van der Waals surface area contributed by atoms with Gasteiger partial charge in [0.2, 0.25) is 0 Å². The Hall–Kier alpha value is -6.77. The van der Waals surface area contributed by atoms with Crippen LogP contribution in [0.2, 0.25) is 0 Å². The molecule has 0 N–H and O–H groups in total. The molecular weight excluding hydrogens is 689 g/mol. The van der Waals surface area contributed by atoms with Crippen molar-refractivity contribution in [3.8, 4) is 0 Å². The molecule has 2 heteroatoms. The first-order valence-electron chi connectivity index (χ1n) is 20.3. The van der Waals surface area contributed by atoms with Crippen LogP contribution in [0.4, 0.5) is 0 Å². The summed E-state index contributed by atoms with van der Waals surface area (Å²) in [6.45, 7) is 7.12. The number of hydrogen-bond acceptors (Lipinski definition) is 1. The Morgan fingerprint density at radius 2 is 1.11 bits per heavy atom. The normalized spacial score (nSPS) is 15.4. The first-order chi connectivity index (χ1) is 28.0. The molecule has 0 atom stereocenters. The second kappa shape index (κ2) is 11.9. The van der Waals surface area contributed by atoms with Crippen LogP contribution < -0.4 is 0 Å². The number of nitrogens with zero attached hydrogens (tertiary/aromatic N) is 2. The molecule has 57 heavy (non-hydrogen) atoms. The van der Waals surface area contributed by atoms with E-state index < -0.39 is 0 Å². The summed E-state index contributed by atoms with van der Waals surface area (Å²) in [4.78, 5) is 6.03. The number of aliphatic imine (C=N–C) groups is 1. The zero-order valence-electron chi connectivity index (χ0n) is 32.4. The van der Waals surface area contributed by atoms with Gasteiger partial charge in [0, 0.05) is 32.7 Å². The number of aromatic nitrogens is 1. The second-order valence-electron chi connectivity index (χ2n) is 16.5. The molecule has 9 aromatic carbocycles. The number of hydrogen-bond donors (Lipinski definition) is 0. The quantitative estimate of drug-likeness (QED) is 0.158. The van der Waals surface area contributed by atoms with Crippen LogP contribution in [0.25, 0.3) is 86.9 Å². The summed E-state index contributed by atoms with van der Waals surface area (Å²) < 4.78 is 2.53. The van der Waals surface area contributed by atoms with Gasteiger partial charge in [0.15, 0.2) is 0 Å². The first kappa shape index (κ1) is 32.5. The molecule has 0 amide bonds. The molecule has 2 nitrogen and oxygen atoms in total. The summed E-state index contributed by atoms with van der Waals surface area (Å²) in [6, 6.07) is 61.0. The van der Waals surface area contributed by atoms with Crippen molar-refractivity contribution in [1.82, 2.24) is 4.57 Å². The van der Waals surface area contributed by atoms with Crippen LogP contribution in [-0.4, -0.2) is 10.4 Å². The Bertz CT molecular complexity index is 3460. The lowest BCUT2D eigenvalue weighted by atomic mass is 9.78. The van der Waals surface area contributed by atoms with Crippen molar-refractivity contribution in [3.63, 3.8) is 0 Å². The lowest BCUT2D eigenvalue weighted by molar-refractivity contribution is 0.619. The van der Waals surface area contributed by atoms with Crippen molar-refractivity contribution in [3.05, 3.63) is 192 Å². The fourth-order valence-corrected chi connectivity index (χ4v) is 10.5. The van der Waals surface area contributed by atoms with E-state index in [1.54, 1.807) is 0 Å². The minimum Gasteiger partial charge on any atom is -0.293 e. The topological polar surface area (TPSA) is 17.3 Å². The van der Waals surface area contributed by atoms with Crippen LogP contribution in [0, 0.1) is 0 Å². The summed E-state index contributed by atoms with van der Waals surface area (Å²) in [6.07, 6.45) is 1.80. The molecule has 10 aromatic rings. The molecule has 0 saturated carbocycles. The van der Waals surface area contributed by atoms with Gasteiger partial charge in [-0.25, -0.2) is 4.99 Å². The Morgan fingerprint density at radius 3 is 1.88 bits per heavy atom. The average molecular weight is 729 g/mol. The second-order valence-corrected chi connectivity index (χ2v) is 16.5. The van der Waals surface area contributed by atoms with Gasteiger partial charge < -0.3 is 0 Å². The predicted octanol–water partition coefficient (Wildman–Crippen LogP) is 14.8. The van der Waals surface area contributed by atoms with Crippen LogP contribution in [-0.2, 0) is 5.41 Å². The van der Waals surface area contributed by atoms with Crippen molar-refractivity contribution in [2.45, 2.75) is 39.0 Å². The van der Waals surface area contributed by atoms with Crippen molar-refractivity contribution in [2.24, 2.45) is 4.99 Å². The van der Waals surface area contributed by atoms with Crippen LogP contribution >= 0.6 is 0 Å². The molecule has 2 heterocycles. The van der Waals surface area contributed by atoms with Gasteiger partial charge in [0.25, 0.3) is 0 Å². The van der Waals surface area contributed by atoms with Gasteiger partial charge in [0.1, 0.15) is 5.84 Å². The molecule has 0 unspecified atom stereocenters. The molecule has 1 aliphatic carbocycles. The van der Waals surface area contributed by atoms with E-state index in [0.29, 0.717) is 0 Å². The predicted molar refractivity (Wildman–Crippen MR) is 244 cm³/mol. The van der Waals surface area contributed by atoms with E-state index in [-0.39, 0.29) is 5.41 Å². The van der Waals surface area contributed by atoms with Gasteiger partial charge in [-0.2, -0.15) is 0 Å². The molecule has 0 radical (unpaired) electrons. The molecule has 1 aliphatic heterocycles. The minimum absolute atomic E-state index is 0.146. The van der Waals surface area contributed by atoms with Gasteiger partial charge in [-0.1, -0.05) is 172 Å². The highest BCUT2D eigenvalue weighted by atomic mass is 15.1. The number of fused-ring (bicyclic) bond motifs is 15. The Morgan fingerprint density at radius 1 is 0.526 bits per heavy atom. The lowest BCUT2D eigenvalue weighted by Crippen LogP contribution is -2.18. The SMILES string of the molecule is CCC1=C(c2ccc3ccccc3c2)C(n2c3ccc4ccccc4c3c3c4c5ccccc5c5ccccc5c4ccc32)=NC2=C(C1)C(C)(C)c1ccccc12. The monoisotopic (exact) mass is 728 g/mol. The van der Waals surface area contributed by atoms with E-state index in [1.165, 1.54) is 109 Å². The highest BCUT2D eigenvalue weighted by molar-refractivity contribution is 6.41. The van der Waals surface area contributed by atoms with E-state index in [9.17, 15) is 0 Å². The molecular formula is C55H40N2. The van der Waals surface area contributed by atoms with E-state index in [2.05, 4.69) is 189 Å². The molecule has 2 aliphatic rings. The summed E-state index contributed by atoms with van der Waals surface area (Å²) in [5, 5.41) is 15.3. The zero-order valence-corrected chi connectivity index (χ0v) is 32.4. The van der Waals surface area contributed by atoms with Crippen molar-refractivity contribution in [1.29, 1.82) is 0 Å². The third kappa shape index (κ3) is 4.44. The minimum atomic E-state index is -0.146. The van der Waals surface area contributed by atoms with Crippen LogP contribution in [0.3, 0.4) is 0 Å². The highest BCUT2D eigenvalue weighted by Gasteiger charge is 2.40. The fraction of sp³-hybridized carbons (Fsp3) is 0.109. The molecule has 0 spiro atoms. The van der Waals surface area contributed by atoms with E-state index >= 15 is 0 Å². The Balaban J connectivity index is 1.30. The summed E-state index contributed by atoms with van der Waals surface area (Å²) in [5.74, 6) is 0.999. The van der Waals surface area contributed by atoms with Gasteiger partial charge in [0.05, 0.1) is 16.7 Å². The van der Waals surface area contributed by atoms with E-state index in [0.717, 1.165) is 24.4 Å². The van der Waals surface area contributed by atoms with Gasteiger partial charge in [-0.05, 0) is 96.2 Å². The molecule has 0 saturated heterocycles. The van der Waals surface area contributed by atoms with Gasteiger partial charge in [-0.3, -0.25) is 4.57 Å².